The van der Waals surface area contributed by atoms with E-state index in [1.165, 1.54) is 6.26 Å². The summed E-state index contributed by atoms with van der Waals surface area (Å²) in [7, 11) is 1.58. The molecule has 0 fully saturated rings. The second-order valence-electron chi connectivity index (χ2n) is 4.42. The molecule has 106 valence electrons. The molecule has 0 saturated heterocycles. The number of rotatable bonds is 3. The summed E-state index contributed by atoms with van der Waals surface area (Å²) in [4.78, 5) is 12.6. The molecule has 0 unspecified atom stereocenters. The Morgan fingerprint density at radius 3 is 2.57 bits per heavy atom. The number of halogens is 2. The molecule has 0 radical (unpaired) electrons. The molecule has 0 aliphatic carbocycles. The summed E-state index contributed by atoms with van der Waals surface area (Å²) in [5.41, 5.74) is 1.75. The summed E-state index contributed by atoms with van der Waals surface area (Å²) >= 11 is 6.92. The Kier molecular flexibility index (Phi) is 3.87. The van der Waals surface area contributed by atoms with Crippen molar-refractivity contribution >= 4 is 48.6 Å². The molecule has 3 rings (SSSR count). The average Bonchev–Trinajstić information content (AvgIpc) is 2.91. The summed E-state index contributed by atoms with van der Waals surface area (Å²) in [6.45, 7) is 0. The largest absolute Gasteiger partial charge is 0.494 e. The highest BCUT2D eigenvalue weighted by Gasteiger charge is 2.21. The SMILES string of the molecule is COc1c(Br)cc2occ(C(=O)c3ccccc3)c2c1Br. The van der Waals surface area contributed by atoms with Crippen LogP contribution in [-0.2, 0) is 0 Å². The second kappa shape index (κ2) is 5.66. The Morgan fingerprint density at radius 1 is 1.19 bits per heavy atom. The first-order valence-electron chi connectivity index (χ1n) is 6.16. The average molecular weight is 410 g/mol. The molecule has 0 N–H and O–H groups in total. The van der Waals surface area contributed by atoms with Gasteiger partial charge < -0.3 is 9.15 Å². The number of furan rings is 1. The number of fused-ring (bicyclic) bond motifs is 1. The summed E-state index contributed by atoms with van der Waals surface area (Å²) in [6, 6.07) is 10.9. The van der Waals surface area contributed by atoms with Crippen molar-refractivity contribution in [2.24, 2.45) is 0 Å². The minimum absolute atomic E-state index is 0.0839. The Hall–Kier alpha value is -1.59. The number of ether oxygens (including phenoxy) is 1. The van der Waals surface area contributed by atoms with Crippen LogP contribution in [0.2, 0.25) is 0 Å². The van der Waals surface area contributed by atoms with E-state index in [9.17, 15) is 4.79 Å². The topological polar surface area (TPSA) is 39.4 Å². The predicted octanol–water partition coefficient (Wildman–Crippen LogP) is 5.20. The van der Waals surface area contributed by atoms with E-state index in [0.29, 0.717) is 32.3 Å². The minimum atomic E-state index is -0.0839. The molecule has 0 spiro atoms. The number of hydrogen-bond acceptors (Lipinski definition) is 3. The lowest BCUT2D eigenvalue weighted by molar-refractivity contribution is 0.103. The lowest BCUT2D eigenvalue weighted by Gasteiger charge is -2.07. The van der Waals surface area contributed by atoms with Crippen molar-refractivity contribution in [2.75, 3.05) is 7.11 Å². The van der Waals surface area contributed by atoms with Crippen LogP contribution < -0.4 is 4.74 Å². The van der Waals surface area contributed by atoms with Gasteiger partial charge in [0.05, 0.1) is 21.6 Å². The van der Waals surface area contributed by atoms with Crippen LogP contribution >= 0.6 is 31.9 Å². The maximum Gasteiger partial charge on any atom is 0.196 e. The van der Waals surface area contributed by atoms with Gasteiger partial charge in [-0.3, -0.25) is 4.79 Å². The number of methoxy groups -OCH3 is 1. The van der Waals surface area contributed by atoms with Gasteiger partial charge in [-0.25, -0.2) is 0 Å². The van der Waals surface area contributed by atoms with Gasteiger partial charge in [-0.15, -0.1) is 0 Å². The summed E-state index contributed by atoms with van der Waals surface area (Å²) < 4.78 is 12.3. The van der Waals surface area contributed by atoms with E-state index in [4.69, 9.17) is 9.15 Å². The van der Waals surface area contributed by atoms with Crippen molar-refractivity contribution < 1.29 is 13.9 Å². The van der Waals surface area contributed by atoms with E-state index in [0.717, 1.165) is 4.47 Å². The van der Waals surface area contributed by atoms with Crippen LogP contribution in [0.5, 0.6) is 5.75 Å². The van der Waals surface area contributed by atoms with Crippen LogP contribution in [0.1, 0.15) is 15.9 Å². The van der Waals surface area contributed by atoms with Gasteiger partial charge in [-0.1, -0.05) is 30.3 Å². The van der Waals surface area contributed by atoms with Crippen molar-refractivity contribution in [3.05, 3.63) is 62.7 Å². The molecule has 0 bridgehead atoms. The fourth-order valence-corrected chi connectivity index (χ4v) is 3.82. The van der Waals surface area contributed by atoms with Crippen molar-refractivity contribution in [1.82, 2.24) is 0 Å². The smallest absolute Gasteiger partial charge is 0.196 e. The monoisotopic (exact) mass is 408 g/mol. The van der Waals surface area contributed by atoms with Gasteiger partial charge in [0, 0.05) is 10.9 Å². The van der Waals surface area contributed by atoms with E-state index in [1.807, 2.05) is 18.2 Å². The van der Waals surface area contributed by atoms with Crippen molar-refractivity contribution in [3.63, 3.8) is 0 Å². The molecular formula is C16H10Br2O3. The van der Waals surface area contributed by atoms with Gasteiger partial charge >= 0.3 is 0 Å². The predicted molar refractivity (Wildman–Crippen MR) is 88.0 cm³/mol. The Bertz CT molecular complexity index is 822. The zero-order valence-electron chi connectivity index (χ0n) is 11.0. The molecule has 3 nitrogen and oxygen atoms in total. The van der Waals surface area contributed by atoms with Gasteiger partial charge in [0.25, 0.3) is 0 Å². The first-order chi connectivity index (χ1) is 10.1. The fraction of sp³-hybridized carbons (Fsp3) is 0.0625. The third-order valence-corrected chi connectivity index (χ3v) is 4.54. The van der Waals surface area contributed by atoms with Gasteiger partial charge in [-0.05, 0) is 37.9 Å². The molecule has 2 aromatic carbocycles. The van der Waals surface area contributed by atoms with Crippen LogP contribution in [0.4, 0.5) is 0 Å². The first-order valence-corrected chi connectivity index (χ1v) is 7.75. The third kappa shape index (κ3) is 2.40. The van der Waals surface area contributed by atoms with E-state index >= 15 is 0 Å². The van der Waals surface area contributed by atoms with Crippen LogP contribution in [-0.4, -0.2) is 12.9 Å². The van der Waals surface area contributed by atoms with Gasteiger partial charge in [-0.2, -0.15) is 0 Å². The standard InChI is InChI=1S/C16H10Br2O3/c1-20-16-11(17)7-12-13(14(16)18)10(8-21-12)15(19)9-5-3-2-4-6-9/h2-8H,1H3. The lowest BCUT2D eigenvalue weighted by Crippen LogP contribution is -2.00. The number of benzene rings is 2. The highest BCUT2D eigenvalue weighted by molar-refractivity contribution is 9.11. The third-order valence-electron chi connectivity index (χ3n) is 3.20. The second-order valence-corrected chi connectivity index (χ2v) is 6.07. The molecule has 0 aliphatic rings. The van der Waals surface area contributed by atoms with Crippen molar-refractivity contribution in [3.8, 4) is 5.75 Å². The molecule has 0 saturated carbocycles. The quantitative estimate of drug-likeness (QED) is 0.558. The molecule has 0 atom stereocenters. The molecule has 5 heteroatoms. The Balaban J connectivity index is 2.23. The molecule has 21 heavy (non-hydrogen) atoms. The number of carbonyl (C=O) groups is 1. The van der Waals surface area contributed by atoms with Gasteiger partial charge in [0.15, 0.2) is 5.78 Å². The molecule has 3 aromatic rings. The maximum absolute atomic E-state index is 12.6. The van der Waals surface area contributed by atoms with E-state index < -0.39 is 0 Å². The van der Waals surface area contributed by atoms with Gasteiger partial charge in [0.1, 0.15) is 17.6 Å². The minimum Gasteiger partial charge on any atom is -0.494 e. The van der Waals surface area contributed by atoms with Crippen molar-refractivity contribution in [1.29, 1.82) is 0 Å². The van der Waals surface area contributed by atoms with E-state index in [-0.39, 0.29) is 5.78 Å². The van der Waals surface area contributed by atoms with Crippen LogP contribution in [0, 0.1) is 0 Å². The number of hydrogen-bond donors (Lipinski definition) is 0. The van der Waals surface area contributed by atoms with E-state index in [1.54, 1.807) is 25.3 Å². The fourth-order valence-electron chi connectivity index (χ4n) is 2.20. The van der Waals surface area contributed by atoms with Crippen LogP contribution in [0.3, 0.4) is 0 Å². The first kappa shape index (κ1) is 14.4. The molecule has 0 amide bonds. The molecule has 1 heterocycles. The van der Waals surface area contributed by atoms with Gasteiger partial charge in [0.2, 0.25) is 0 Å². The summed E-state index contributed by atoms with van der Waals surface area (Å²) in [5.74, 6) is 0.547. The Morgan fingerprint density at radius 2 is 1.90 bits per heavy atom. The van der Waals surface area contributed by atoms with Crippen LogP contribution in [0.15, 0.2) is 56.0 Å². The zero-order valence-corrected chi connectivity index (χ0v) is 14.2. The zero-order chi connectivity index (χ0) is 15.0. The summed E-state index contributed by atoms with van der Waals surface area (Å²) in [6.07, 6.45) is 1.48. The molecule has 1 aromatic heterocycles. The summed E-state index contributed by atoms with van der Waals surface area (Å²) in [5, 5.41) is 0.712. The highest BCUT2D eigenvalue weighted by Crippen LogP contribution is 2.42. The van der Waals surface area contributed by atoms with E-state index in [2.05, 4.69) is 31.9 Å². The number of carbonyl (C=O) groups excluding carboxylic acids is 1. The maximum atomic E-state index is 12.6. The highest BCUT2D eigenvalue weighted by atomic mass is 79.9. The molecule has 0 aliphatic heterocycles. The van der Waals surface area contributed by atoms with Crippen molar-refractivity contribution in [2.45, 2.75) is 0 Å². The normalized spacial score (nSPS) is 10.8. The Labute approximate surface area is 138 Å². The van der Waals surface area contributed by atoms with Crippen LogP contribution in [0.25, 0.3) is 11.0 Å². The molecular weight excluding hydrogens is 400 g/mol. The number of ketones is 1. The lowest BCUT2D eigenvalue weighted by atomic mass is 10.0.